The van der Waals surface area contributed by atoms with Gasteiger partial charge in [0.05, 0.1) is 25.1 Å². The fraction of sp³-hybridized carbons (Fsp3) is 0.522. The van der Waals surface area contributed by atoms with Crippen LogP contribution in [-0.4, -0.2) is 58.7 Å². The van der Waals surface area contributed by atoms with Crippen molar-refractivity contribution in [1.82, 2.24) is 20.0 Å². The first-order chi connectivity index (χ1) is 14.2. The summed E-state index contributed by atoms with van der Waals surface area (Å²) >= 11 is 0. The van der Waals surface area contributed by atoms with Crippen molar-refractivity contribution >= 4 is 5.91 Å². The van der Waals surface area contributed by atoms with E-state index in [1.807, 2.05) is 0 Å². The average molecular weight is 393 g/mol. The highest BCUT2D eigenvalue weighted by Gasteiger charge is 2.45. The minimum absolute atomic E-state index is 0.102. The summed E-state index contributed by atoms with van der Waals surface area (Å²) in [5.74, 6) is 2.12. The lowest BCUT2D eigenvalue weighted by Gasteiger charge is -2.55. The van der Waals surface area contributed by atoms with E-state index in [1.54, 1.807) is 25.6 Å². The molecular formula is C23H28N4O2. The van der Waals surface area contributed by atoms with E-state index in [4.69, 9.17) is 4.74 Å². The maximum absolute atomic E-state index is 13.0. The number of nitrogens with zero attached hydrogens (tertiary/aromatic N) is 4. The molecule has 6 nitrogen and oxygen atoms in total. The number of amides is 1. The molecule has 3 aliphatic rings. The van der Waals surface area contributed by atoms with Crippen molar-refractivity contribution in [3.63, 3.8) is 0 Å². The van der Waals surface area contributed by atoms with Gasteiger partial charge in [-0.2, -0.15) is 10.2 Å². The van der Waals surface area contributed by atoms with Gasteiger partial charge in [0.15, 0.2) is 0 Å². The molecule has 0 unspecified atom stereocenters. The number of likely N-dealkylation sites (tertiary alicyclic amines) is 1. The van der Waals surface area contributed by atoms with Crippen molar-refractivity contribution in [2.24, 2.45) is 11.8 Å². The molecule has 2 aromatic rings. The van der Waals surface area contributed by atoms with Gasteiger partial charge in [0.1, 0.15) is 5.75 Å². The number of hydrogen-bond acceptors (Lipinski definition) is 5. The zero-order chi connectivity index (χ0) is 19.8. The van der Waals surface area contributed by atoms with Crippen molar-refractivity contribution < 1.29 is 9.53 Å². The summed E-state index contributed by atoms with van der Waals surface area (Å²) in [6.45, 7) is 2.78. The maximum atomic E-state index is 13.0. The largest absolute Gasteiger partial charge is 0.497 e. The number of methoxy groups -OCH3 is 1. The number of carbonyl (C=O) groups is 1. The Kier molecular flexibility index (Phi) is 4.96. The second-order valence-corrected chi connectivity index (χ2v) is 8.69. The molecule has 5 rings (SSSR count). The summed E-state index contributed by atoms with van der Waals surface area (Å²) in [7, 11) is 1.71. The van der Waals surface area contributed by atoms with Crippen LogP contribution in [0.2, 0.25) is 0 Å². The van der Waals surface area contributed by atoms with E-state index in [1.165, 1.54) is 31.2 Å². The molecule has 2 bridgehead atoms. The monoisotopic (exact) mass is 392 g/mol. The van der Waals surface area contributed by atoms with Gasteiger partial charge in [0.25, 0.3) is 5.91 Å². The summed E-state index contributed by atoms with van der Waals surface area (Å²) in [6, 6.07) is 11.4. The van der Waals surface area contributed by atoms with Crippen molar-refractivity contribution in [1.29, 1.82) is 0 Å². The van der Waals surface area contributed by atoms with Crippen LogP contribution in [0.15, 0.2) is 42.7 Å². The highest BCUT2D eigenvalue weighted by molar-refractivity contribution is 5.93. The molecule has 0 radical (unpaired) electrons. The SMILES string of the molecule is COc1ccc([C@H]2CCC[C@H]3[C@@H]4C[C@@H](CN(C(=O)c5ccnnc5)C4)CN23)cc1. The van der Waals surface area contributed by atoms with E-state index >= 15 is 0 Å². The van der Waals surface area contributed by atoms with Crippen LogP contribution in [0.5, 0.6) is 5.75 Å². The van der Waals surface area contributed by atoms with Gasteiger partial charge in [-0.15, -0.1) is 0 Å². The number of carbonyl (C=O) groups excluding carboxylic acids is 1. The Morgan fingerprint density at radius 2 is 1.93 bits per heavy atom. The summed E-state index contributed by atoms with van der Waals surface area (Å²) in [5, 5.41) is 7.68. The lowest BCUT2D eigenvalue weighted by Crippen LogP contribution is -2.60. The molecule has 0 saturated carbocycles. The molecule has 1 amide bonds. The second kappa shape index (κ2) is 7.75. The number of benzene rings is 1. The molecule has 3 aliphatic heterocycles. The Hall–Kier alpha value is -2.47. The van der Waals surface area contributed by atoms with E-state index in [0.717, 1.165) is 25.4 Å². The predicted octanol–water partition coefficient (Wildman–Crippen LogP) is 3.17. The first-order valence-electron chi connectivity index (χ1n) is 10.7. The molecule has 3 saturated heterocycles. The standard InChI is InChI=1S/C23H28N4O2/c1-29-20-7-5-17(6-8-20)21-3-2-4-22-19-11-16(14-27(21)22)13-26(15-19)23(28)18-9-10-24-25-12-18/h5-10,12,16,19,21-22H,2-4,11,13-15H2,1H3/t16-,19+,21+,22-/m0/s1. The fourth-order valence-electron chi connectivity index (χ4n) is 5.76. The number of hydrogen-bond donors (Lipinski definition) is 0. The Morgan fingerprint density at radius 3 is 2.69 bits per heavy atom. The van der Waals surface area contributed by atoms with Gasteiger partial charge in [-0.05, 0) is 61.3 Å². The molecule has 4 heterocycles. The predicted molar refractivity (Wildman–Crippen MR) is 110 cm³/mol. The van der Waals surface area contributed by atoms with Gasteiger partial charge in [-0.1, -0.05) is 12.1 Å². The van der Waals surface area contributed by atoms with Crippen molar-refractivity contribution in [2.75, 3.05) is 26.7 Å². The number of aromatic nitrogens is 2. The molecule has 152 valence electrons. The average Bonchev–Trinajstić information content (AvgIpc) is 2.79. The topological polar surface area (TPSA) is 58.6 Å². The summed E-state index contributed by atoms with van der Waals surface area (Å²) in [5.41, 5.74) is 2.04. The Balaban J connectivity index is 1.34. The minimum Gasteiger partial charge on any atom is -0.497 e. The summed E-state index contributed by atoms with van der Waals surface area (Å²) < 4.78 is 5.34. The first-order valence-corrected chi connectivity index (χ1v) is 10.7. The molecule has 3 fully saturated rings. The molecule has 1 aromatic carbocycles. The van der Waals surface area contributed by atoms with Crippen LogP contribution in [0, 0.1) is 11.8 Å². The Bertz CT molecular complexity index is 857. The summed E-state index contributed by atoms with van der Waals surface area (Å²) in [6.07, 6.45) is 8.13. The third-order valence-corrected chi connectivity index (χ3v) is 7.01. The number of piperidine rings is 3. The summed E-state index contributed by atoms with van der Waals surface area (Å²) in [4.78, 5) is 17.8. The quantitative estimate of drug-likeness (QED) is 0.803. The van der Waals surface area contributed by atoms with Crippen LogP contribution in [0.3, 0.4) is 0 Å². The fourth-order valence-corrected chi connectivity index (χ4v) is 5.76. The van der Waals surface area contributed by atoms with Gasteiger partial charge >= 0.3 is 0 Å². The van der Waals surface area contributed by atoms with E-state index in [0.29, 0.717) is 29.5 Å². The van der Waals surface area contributed by atoms with Crippen molar-refractivity contribution in [3.05, 3.63) is 53.9 Å². The van der Waals surface area contributed by atoms with E-state index < -0.39 is 0 Å². The molecule has 0 N–H and O–H groups in total. The van der Waals surface area contributed by atoms with Gasteiger partial charge in [-0.25, -0.2) is 0 Å². The van der Waals surface area contributed by atoms with Gasteiger partial charge in [0, 0.05) is 31.7 Å². The second-order valence-electron chi connectivity index (χ2n) is 8.69. The Morgan fingerprint density at radius 1 is 1.07 bits per heavy atom. The normalized spacial score (nSPS) is 29.2. The number of fused-ring (bicyclic) bond motifs is 4. The first kappa shape index (κ1) is 18.6. The van der Waals surface area contributed by atoms with Crippen LogP contribution in [0.1, 0.15) is 47.6 Å². The van der Waals surface area contributed by atoms with Crippen molar-refractivity contribution in [2.45, 2.75) is 37.8 Å². The molecular weight excluding hydrogens is 364 g/mol. The lowest BCUT2D eigenvalue weighted by atomic mass is 9.74. The van der Waals surface area contributed by atoms with Crippen LogP contribution >= 0.6 is 0 Å². The van der Waals surface area contributed by atoms with Crippen molar-refractivity contribution in [3.8, 4) is 5.75 Å². The molecule has 0 spiro atoms. The van der Waals surface area contributed by atoms with Gasteiger partial charge < -0.3 is 9.64 Å². The number of rotatable bonds is 3. The zero-order valence-electron chi connectivity index (χ0n) is 16.9. The third kappa shape index (κ3) is 3.50. The molecule has 6 heteroatoms. The molecule has 29 heavy (non-hydrogen) atoms. The smallest absolute Gasteiger partial charge is 0.255 e. The zero-order valence-corrected chi connectivity index (χ0v) is 16.9. The third-order valence-electron chi connectivity index (χ3n) is 7.01. The minimum atomic E-state index is 0.102. The van der Waals surface area contributed by atoms with E-state index in [9.17, 15) is 4.79 Å². The highest BCUT2D eigenvalue weighted by Crippen LogP contribution is 2.44. The van der Waals surface area contributed by atoms with Crippen LogP contribution in [0.4, 0.5) is 0 Å². The maximum Gasteiger partial charge on any atom is 0.255 e. The molecule has 0 aliphatic carbocycles. The van der Waals surface area contributed by atoms with E-state index in [-0.39, 0.29) is 5.91 Å². The van der Waals surface area contributed by atoms with Crippen LogP contribution in [0.25, 0.3) is 0 Å². The number of ether oxygens (including phenoxy) is 1. The van der Waals surface area contributed by atoms with E-state index in [2.05, 4.69) is 44.3 Å². The molecule has 1 aromatic heterocycles. The van der Waals surface area contributed by atoms with Gasteiger partial charge in [0.2, 0.25) is 0 Å². The lowest BCUT2D eigenvalue weighted by molar-refractivity contribution is -0.0511. The highest BCUT2D eigenvalue weighted by atomic mass is 16.5. The van der Waals surface area contributed by atoms with Crippen LogP contribution in [-0.2, 0) is 0 Å². The molecule has 4 atom stereocenters. The van der Waals surface area contributed by atoms with Gasteiger partial charge in [-0.3, -0.25) is 9.69 Å². The van der Waals surface area contributed by atoms with Crippen LogP contribution < -0.4 is 4.74 Å². The Labute approximate surface area is 171 Å².